The summed E-state index contributed by atoms with van der Waals surface area (Å²) in [6.45, 7) is 0. The third kappa shape index (κ3) is 2.95. The Labute approximate surface area is 106 Å². The Bertz CT molecular complexity index is 563. The van der Waals surface area contributed by atoms with Gasteiger partial charge in [-0.05, 0) is 31.4 Å². The lowest BCUT2D eigenvalue weighted by atomic mass is 9.97. The lowest BCUT2D eigenvalue weighted by Gasteiger charge is -2.10. The van der Waals surface area contributed by atoms with Gasteiger partial charge < -0.3 is 0 Å². The van der Waals surface area contributed by atoms with Crippen molar-refractivity contribution in [3.63, 3.8) is 0 Å². The number of hydrogen-bond donors (Lipinski definition) is 0. The minimum absolute atomic E-state index is 0.0256. The normalized spacial score (nSPS) is 18.9. The average molecular weight is 267 g/mol. The second-order valence-corrected chi connectivity index (χ2v) is 5.54. The third-order valence-electron chi connectivity index (χ3n) is 2.67. The molecule has 0 unspecified atom stereocenters. The highest BCUT2D eigenvalue weighted by Crippen LogP contribution is 2.15. The van der Waals surface area contributed by atoms with Crippen LogP contribution in [0.15, 0.2) is 40.4 Å². The van der Waals surface area contributed by atoms with Gasteiger partial charge in [0.05, 0.1) is 0 Å². The molecule has 0 bridgehead atoms. The Morgan fingerprint density at radius 3 is 2.39 bits per heavy atom. The Balaban J connectivity index is 2.14. The van der Waals surface area contributed by atoms with E-state index in [1.165, 1.54) is 12.1 Å². The zero-order valence-corrected chi connectivity index (χ0v) is 10.5. The number of rotatable bonds is 3. The van der Waals surface area contributed by atoms with Crippen molar-refractivity contribution in [1.29, 1.82) is 0 Å². The van der Waals surface area contributed by atoms with Crippen LogP contribution in [0.2, 0.25) is 0 Å². The summed E-state index contributed by atoms with van der Waals surface area (Å²) in [7, 11) is -3.92. The third-order valence-corrected chi connectivity index (χ3v) is 3.79. The Hall–Kier alpha value is -1.69. The van der Waals surface area contributed by atoms with Crippen LogP contribution >= 0.6 is 0 Å². The quantitative estimate of drug-likeness (QED) is 0.784. The molecule has 0 saturated heterocycles. The van der Waals surface area contributed by atoms with Crippen molar-refractivity contribution in [2.45, 2.75) is 30.6 Å². The molecule has 0 radical (unpaired) electrons. The van der Waals surface area contributed by atoms with E-state index in [0.29, 0.717) is 12.8 Å². The molecule has 2 rings (SSSR count). The van der Waals surface area contributed by atoms with E-state index in [1.807, 2.05) is 0 Å². The maximum atomic E-state index is 11.7. The molecule has 1 aromatic carbocycles. The highest BCUT2D eigenvalue weighted by molar-refractivity contribution is 7.86. The van der Waals surface area contributed by atoms with Gasteiger partial charge in [-0.3, -0.25) is 9.08 Å². The van der Waals surface area contributed by atoms with E-state index in [-0.39, 0.29) is 16.4 Å². The van der Waals surface area contributed by atoms with Gasteiger partial charge in [0.1, 0.15) is 10.6 Å². The molecule has 0 aliphatic heterocycles. The van der Waals surface area contributed by atoms with Crippen molar-refractivity contribution in [2.24, 2.45) is 5.16 Å². The second-order valence-electron chi connectivity index (χ2n) is 4.01. The van der Waals surface area contributed by atoms with Crippen molar-refractivity contribution in [2.75, 3.05) is 0 Å². The maximum absolute atomic E-state index is 11.7. The van der Waals surface area contributed by atoms with Crippen LogP contribution in [0.25, 0.3) is 0 Å². The SMILES string of the molecule is O=C1CCCCC1=NOS(=O)(=O)c1ccccc1. The summed E-state index contributed by atoms with van der Waals surface area (Å²) >= 11 is 0. The molecule has 1 aliphatic rings. The highest BCUT2D eigenvalue weighted by Gasteiger charge is 2.20. The van der Waals surface area contributed by atoms with Gasteiger partial charge in [-0.25, -0.2) is 0 Å². The Morgan fingerprint density at radius 1 is 1.06 bits per heavy atom. The number of benzene rings is 1. The lowest BCUT2D eigenvalue weighted by molar-refractivity contribution is -0.113. The van der Waals surface area contributed by atoms with Gasteiger partial charge in [0, 0.05) is 6.42 Å². The van der Waals surface area contributed by atoms with E-state index in [9.17, 15) is 13.2 Å². The first-order valence-electron chi connectivity index (χ1n) is 5.68. The van der Waals surface area contributed by atoms with E-state index in [2.05, 4.69) is 9.44 Å². The van der Waals surface area contributed by atoms with Gasteiger partial charge >= 0.3 is 10.1 Å². The number of oxime groups is 1. The molecule has 1 aliphatic carbocycles. The molecule has 0 heterocycles. The van der Waals surface area contributed by atoms with E-state index in [4.69, 9.17) is 0 Å². The molecule has 0 aromatic heterocycles. The molecule has 0 amide bonds. The maximum Gasteiger partial charge on any atom is 0.358 e. The van der Waals surface area contributed by atoms with Crippen LogP contribution < -0.4 is 0 Å². The predicted octanol–water partition coefficient (Wildman–Crippen LogP) is 1.89. The van der Waals surface area contributed by atoms with Crippen molar-refractivity contribution in [3.05, 3.63) is 30.3 Å². The first-order valence-corrected chi connectivity index (χ1v) is 7.09. The summed E-state index contributed by atoms with van der Waals surface area (Å²) in [6.07, 6.45) is 2.54. The zero-order valence-electron chi connectivity index (χ0n) is 9.70. The minimum Gasteiger partial charge on any atom is -0.293 e. The van der Waals surface area contributed by atoms with Gasteiger partial charge in [-0.2, -0.15) is 8.42 Å². The van der Waals surface area contributed by atoms with Gasteiger partial charge in [-0.1, -0.05) is 23.4 Å². The van der Waals surface area contributed by atoms with Crippen LogP contribution in [-0.4, -0.2) is 19.9 Å². The summed E-state index contributed by atoms with van der Waals surface area (Å²) in [5.74, 6) is -0.135. The summed E-state index contributed by atoms with van der Waals surface area (Å²) in [4.78, 5) is 11.5. The number of ketones is 1. The Kier molecular flexibility index (Phi) is 3.76. The molecule has 0 N–H and O–H groups in total. The highest BCUT2D eigenvalue weighted by atomic mass is 32.2. The number of carbonyl (C=O) groups excluding carboxylic acids is 1. The van der Waals surface area contributed by atoms with Gasteiger partial charge in [0.2, 0.25) is 0 Å². The molecule has 1 aromatic rings. The zero-order chi connectivity index (χ0) is 13.0. The monoisotopic (exact) mass is 267 g/mol. The van der Waals surface area contributed by atoms with Crippen LogP contribution in [0.5, 0.6) is 0 Å². The fourth-order valence-electron chi connectivity index (χ4n) is 1.68. The number of nitrogens with zero attached hydrogens (tertiary/aromatic N) is 1. The van der Waals surface area contributed by atoms with Crippen LogP contribution in [0.1, 0.15) is 25.7 Å². The summed E-state index contributed by atoms with van der Waals surface area (Å²) in [5, 5.41) is 3.49. The first kappa shape index (κ1) is 12.8. The van der Waals surface area contributed by atoms with E-state index >= 15 is 0 Å². The van der Waals surface area contributed by atoms with E-state index in [0.717, 1.165) is 12.8 Å². The standard InChI is InChI=1S/C12H13NO4S/c14-12-9-5-4-8-11(12)13-17-18(15,16)10-6-2-1-3-7-10/h1-3,6-7H,4-5,8-9H2. The molecule has 18 heavy (non-hydrogen) atoms. The largest absolute Gasteiger partial charge is 0.358 e. The van der Waals surface area contributed by atoms with Gasteiger partial charge in [0.25, 0.3) is 0 Å². The van der Waals surface area contributed by atoms with Crippen molar-refractivity contribution < 1.29 is 17.5 Å². The molecule has 1 fully saturated rings. The fourth-order valence-corrected chi connectivity index (χ4v) is 2.45. The van der Waals surface area contributed by atoms with Gasteiger partial charge in [-0.15, -0.1) is 0 Å². The molecule has 96 valence electrons. The molecule has 6 heteroatoms. The van der Waals surface area contributed by atoms with E-state index in [1.54, 1.807) is 18.2 Å². The average Bonchev–Trinajstić information content (AvgIpc) is 2.39. The molecule has 1 saturated carbocycles. The summed E-state index contributed by atoms with van der Waals surface area (Å²) in [5.41, 5.74) is 0.209. The number of carbonyl (C=O) groups is 1. The molecule has 0 spiro atoms. The van der Waals surface area contributed by atoms with Crippen LogP contribution in [0, 0.1) is 0 Å². The summed E-state index contributed by atoms with van der Waals surface area (Å²) in [6, 6.07) is 7.72. The molecule has 5 nitrogen and oxygen atoms in total. The van der Waals surface area contributed by atoms with Gasteiger partial charge in [0.15, 0.2) is 5.78 Å². The molecular formula is C12H13NO4S. The molecular weight excluding hydrogens is 254 g/mol. The van der Waals surface area contributed by atoms with Crippen molar-refractivity contribution in [3.8, 4) is 0 Å². The second kappa shape index (κ2) is 5.30. The van der Waals surface area contributed by atoms with Crippen LogP contribution in [0.3, 0.4) is 0 Å². The van der Waals surface area contributed by atoms with Crippen molar-refractivity contribution in [1.82, 2.24) is 0 Å². The lowest BCUT2D eigenvalue weighted by Crippen LogP contribution is -2.19. The smallest absolute Gasteiger partial charge is 0.293 e. The van der Waals surface area contributed by atoms with Crippen LogP contribution in [0.4, 0.5) is 0 Å². The Morgan fingerprint density at radius 2 is 1.72 bits per heavy atom. The predicted molar refractivity (Wildman–Crippen MR) is 65.6 cm³/mol. The number of Topliss-reactive ketones (excluding diaryl/α,β-unsaturated/α-hetero) is 1. The topological polar surface area (TPSA) is 72.8 Å². The van der Waals surface area contributed by atoms with E-state index < -0.39 is 10.1 Å². The van der Waals surface area contributed by atoms with Crippen LogP contribution in [-0.2, 0) is 19.2 Å². The number of hydrogen-bond acceptors (Lipinski definition) is 5. The summed E-state index contributed by atoms with van der Waals surface area (Å²) < 4.78 is 28.0. The fraction of sp³-hybridized carbons (Fsp3) is 0.333. The van der Waals surface area contributed by atoms with Crippen molar-refractivity contribution >= 4 is 21.6 Å². The first-order chi connectivity index (χ1) is 8.59. The minimum atomic E-state index is -3.92. The molecule has 0 atom stereocenters.